The molecule has 1 atom stereocenters. The minimum Gasteiger partial charge on any atom is -0.382 e. The van der Waals surface area contributed by atoms with Crippen molar-refractivity contribution in [2.45, 2.75) is 25.8 Å². The van der Waals surface area contributed by atoms with Crippen molar-refractivity contribution in [3.63, 3.8) is 0 Å². The zero-order valence-electron chi connectivity index (χ0n) is 12.3. The molecule has 0 saturated carbocycles. The molecule has 110 valence electrons. The molecule has 0 spiro atoms. The molecular weight excluding hydrogens is 254 g/mol. The van der Waals surface area contributed by atoms with Crippen LogP contribution in [0.15, 0.2) is 24.3 Å². The van der Waals surface area contributed by atoms with Crippen LogP contribution in [0.1, 0.15) is 17.5 Å². The van der Waals surface area contributed by atoms with Gasteiger partial charge in [-0.3, -0.25) is 4.79 Å². The Morgan fingerprint density at radius 3 is 2.85 bits per heavy atom. The van der Waals surface area contributed by atoms with Gasteiger partial charge in [0.25, 0.3) is 0 Å². The van der Waals surface area contributed by atoms with E-state index in [9.17, 15) is 4.79 Å². The van der Waals surface area contributed by atoms with Gasteiger partial charge in [0.15, 0.2) is 0 Å². The first kappa shape index (κ1) is 15.0. The van der Waals surface area contributed by atoms with E-state index in [1.807, 2.05) is 4.90 Å². The predicted octanol–water partition coefficient (Wildman–Crippen LogP) is 1.80. The van der Waals surface area contributed by atoms with Gasteiger partial charge in [-0.2, -0.15) is 0 Å². The molecule has 0 aromatic heterocycles. The van der Waals surface area contributed by atoms with E-state index in [0.29, 0.717) is 32.8 Å². The molecule has 1 aliphatic rings. The lowest BCUT2D eigenvalue weighted by Crippen LogP contribution is -2.50. The van der Waals surface area contributed by atoms with Crippen LogP contribution in [0.3, 0.4) is 0 Å². The van der Waals surface area contributed by atoms with Crippen LogP contribution in [0.25, 0.3) is 0 Å². The average Bonchev–Trinajstić information content (AvgIpc) is 2.47. The van der Waals surface area contributed by atoms with Gasteiger partial charge in [-0.1, -0.05) is 29.8 Å². The summed E-state index contributed by atoms with van der Waals surface area (Å²) in [4.78, 5) is 14.2. The third-order valence-corrected chi connectivity index (χ3v) is 3.66. The Morgan fingerprint density at radius 2 is 2.15 bits per heavy atom. The van der Waals surface area contributed by atoms with E-state index in [1.54, 1.807) is 7.11 Å². The maximum absolute atomic E-state index is 12.3. The van der Waals surface area contributed by atoms with Gasteiger partial charge in [0.1, 0.15) is 0 Å². The van der Waals surface area contributed by atoms with E-state index >= 15 is 0 Å². The fraction of sp³-hybridized carbons (Fsp3) is 0.562. The van der Waals surface area contributed by atoms with Crippen LogP contribution in [-0.2, 0) is 20.7 Å². The molecule has 4 nitrogen and oxygen atoms in total. The third-order valence-electron chi connectivity index (χ3n) is 3.66. The third kappa shape index (κ3) is 4.05. The molecule has 20 heavy (non-hydrogen) atoms. The van der Waals surface area contributed by atoms with E-state index in [-0.39, 0.29) is 11.9 Å². The maximum Gasteiger partial charge on any atom is 0.223 e. The van der Waals surface area contributed by atoms with Gasteiger partial charge in [-0.15, -0.1) is 0 Å². The van der Waals surface area contributed by atoms with Crippen LogP contribution in [0.4, 0.5) is 0 Å². The van der Waals surface area contributed by atoms with Crippen LogP contribution in [0, 0.1) is 6.92 Å². The molecular formula is C16H23NO3. The quantitative estimate of drug-likeness (QED) is 0.824. The number of rotatable bonds is 5. The van der Waals surface area contributed by atoms with Crippen LogP contribution in [0.2, 0.25) is 0 Å². The Bertz CT molecular complexity index is 428. The molecule has 1 heterocycles. The summed E-state index contributed by atoms with van der Waals surface area (Å²) in [5.74, 6) is 0.191. The van der Waals surface area contributed by atoms with E-state index in [4.69, 9.17) is 9.47 Å². The molecule has 1 aromatic rings. The van der Waals surface area contributed by atoms with Gasteiger partial charge < -0.3 is 14.4 Å². The predicted molar refractivity (Wildman–Crippen MR) is 77.7 cm³/mol. The van der Waals surface area contributed by atoms with Gasteiger partial charge in [-0.05, 0) is 18.9 Å². The second kappa shape index (κ2) is 7.41. The molecule has 0 N–H and O–H groups in total. The second-order valence-electron chi connectivity index (χ2n) is 5.26. The standard InChI is InChI=1S/C16H23NO3/c1-13-3-5-14(6-4-13)7-8-16(18)17-9-10-20-12-15(17)11-19-2/h3-6,15H,7-12H2,1-2H3. The van der Waals surface area contributed by atoms with Gasteiger partial charge >= 0.3 is 0 Å². The number of benzene rings is 1. The first-order valence-electron chi connectivity index (χ1n) is 7.12. The summed E-state index contributed by atoms with van der Waals surface area (Å²) in [5, 5.41) is 0. The van der Waals surface area contributed by atoms with Crippen LogP contribution in [0.5, 0.6) is 0 Å². The van der Waals surface area contributed by atoms with Crippen LogP contribution >= 0.6 is 0 Å². The number of aryl methyl sites for hydroxylation is 2. The number of morpholine rings is 1. The molecule has 1 unspecified atom stereocenters. The molecule has 0 radical (unpaired) electrons. The SMILES string of the molecule is COCC1COCCN1C(=O)CCc1ccc(C)cc1. The van der Waals surface area contributed by atoms with E-state index in [1.165, 1.54) is 11.1 Å². The van der Waals surface area contributed by atoms with Gasteiger partial charge in [0.05, 0.1) is 25.9 Å². The minimum atomic E-state index is 0.0549. The number of carbonyl (C=O) groups is 1. The monoisotopic (exact) mass is 277 g/mol. The molecule has 1 aromatic carbocycles. The molecule has 1 amide bonds. The second-order valence-corrected chi connectivity index (χ2v) is 5.26. The van der Waals surface area contributed by atoms with Gasteiger partial charge in [-0.25, -0.2) is 0 Å². The first-order valence-corrected chi connectivity index (χ1v) is 7.12. The highest BCUT2D eigenvalue weighted by molar-refractivity contribution is 5.77. The zero-order chi connectivity index (χ0) is 14.4. The van der Waals surface area contributed by atoms with E-state index in [2.05, 4.69) is 31.2 Å². The molecule has 2 rings (SSSR count). The first-order chi connectivity index (χ1) is 9.70. The largest absolute Gasteiger partial charge is 0.382 e. The minimum absolute atomic E-state index is 0.0549. The van der Waals surface area contributed by atoms with Gasteiger partial charge in [0, 0.05) is 20.1 Å². The summed E-state index contributed by atoms with van der Waals surface area (Å²) < 4.78 is 10.6. The highest BCUT2D eigenvalue weighted by Crippen LogP contribution is 2.12. The van der Waals surface area contributed by atoms with Crippen molar-refractivity contribution in [1.29, 1.82) is 0 Å². The van der Waals surface area contributed by atoms with Crippen molar-refractivity contribution in [2.24, 2.45) is 0 Å². The fourth-order valence-electron chi connectivity index (χ4n) is 2.46. The van der Waals surface area contributed by atoms with Crippen molar-refractivity contribution in [3.05, 3.63) is 35.4 Å². The number of ether oxygens (including phenoxy) is 2. The Hall–Kier alpha value is -1.39. The summed E-state index contributed by atoms with van der Waals surface area (Å²) in [7, 11) is 1.66. The molecule has 4 heteroatoms. The normalized spacial score (nSPS) is 19.1. The van der Waals surface area contributed by atoms with Crippen molar-refractivity contribution in [2.75, 3.05) is 33.5 Å². The zero-order valence-corrected chi connectivity index (χ0v) is 12.3. The van der Waals surface area contributed by atoms with Crippen LogP contribution < -0.4 is 0 Å². The summed E-state index contributed by atoms with van der Waals surface area (Å²) in [5.41, 5.74) is 2.45. The molecule has 1 saturated heterocycles. The highest BCUT2D eigenvalue weighted by atomic mass is 16.5. The Labute approximate surface area is 120 Å². The molecule has 1 fully saturated rings. The number of methoxy groups -OCH3 is 1. The number of hydrogen-bond acceptors (Lipinski definition) is 3. The molecule has 0 aliphatic carbocycles. The van der Waals surface area contributed by atoms with Gasteiger partial charge in [0.2, 0.25) is 5.91 Å². The lowest BCUT2D eigenvalue weighted by atomic mass is 10.1. The number of amides is 1. The Morgan fingerprint density at radius 1 is 1.40 bits per heavy atom. The number of carbonyl (C=O) groups excluding carboxylic acids is 1. The number of hydrogen-bond donors (Lipinski definition) is 0. The summed E-state index contributed by atoms with van der Waals surface area (Å²) in [6, 6.07) is 8.41. The van der Waals surface area contributed by atoms with Crippen molar-refractivity contribution in [3.8, 4) is 0 Å². The van der Waals surface area contributed by atoms with Crippen molar-refractivity contribution >= 4 is 5.91 Å². The molecule has 0 bridgehead atoms. The highest BCUT2D eigenvalue weighted by Gasteiger charge is 2.26. The maximum atomic E-state index is 12.3. The van der Waals surface area contributed by atoms with Crippen LogP contribution in [-0.4, -0.2) is 50.3 Å². The smallest absolute Gasteiger partial charge is 0.223 e. The van der Waals surface area contributed by atoms with E-state index in [0.717, 1.165) is 6.42 Å². The van der Waals surface area contributed by atoms with Crippen molar-refractivity contribution < 1.29 is 14.3 Å². The summed E-state index contributed by atoms with van der Waals surface area (Å²) in [6.45, 7) is 4.47. The van der Waals surface area contributed by atoms with Crippen molar-refractivity contribution in [1.82, 2.24) is 4.90 Å². The topological polar surface area (TPSA) is 38.8 Å². The summed E-state index contributed by atoms with van der Waals surface area (Å²) in [6.07, 6.45) is 1.33. The lowest BCUT2D eigenvalue weighted by molar-refractivity contribution is -0.142. The molecule has 1 aliphatic heterocycles. The van der Waals surface area contributed by atoms with E-state index < -0.39 is 0 Å². The lowest BCUT2D eigenvalue weighted by Gasteiger charge is -2.35. The Kier molecular flexibility index (Phi) is 5.56. The Balaban J connectivity index is 1.88. The fourth-order valence-corrected chi connectivity index (χ4v) is 2.46. The summed E-state index contributed by atoms with van der Waals surface area (Å²) >= 11 is 0. The number of nitrogens with zero attached hydrogens (tertiary/aromatic N) is 1. The average molecular weight is 277 g/mol.